The number of aryl methyl sites for hydroxylation is 1. The van der Waals surface area contributed by atoms with E-state index in [1.807, 2.05) is 42.6 Å². The number of piperidine rings is 1. The Hall–Kier alpha value is -2.43. The quantitative estimate of drug-likeness (QED) is 0.463. The summed E-state index contributed by atoms with van der Waals surface area (Å²) in [5.74, 6) is 0.969. The van der Waals surface area contributed by atoms with Crippen molar-refractivity contribution in [1.29, 1.82) is 0 Å². The molecule has 4 nitrogen and oxygen atoms in total. The number of aromatic nitrogens is 1. The molecule has 3 aromatic rings. The third-order valence-electron chi connectivity index (χ3n) is 6.90. The zero-order valence-corrected chi connectivity index (χ0v) is 18.4. The second kappa shape index (κ2) is 8.60. The highest BCUT2D eigenvalue weighted by molar-refractivity contribution is 6.31. The van der Waals surface area contributed by atoms with Crippen LogP contribution in [0.25, 0.3) is 10.9 Å². The van der Waals surface area contributed by atoms with E-state index in [1.54, 1.807) is 4.57 Å². The van der Waals surface area contributed by atoms with Crippen LogP contribution in [0.5, 0.6) is 0 Å². The van der Waals surface area contributed by atoms with Gasteiger partial charge in [-0.3, -0.25) is 19.1 Å². The summed E-state index contributed by atoms with van der Waals surface area (Å²) < 4.78 is 1.73. The minimum atomic E-state index is 0.141. The molecule has 1 aromatic heterocycles. The average Bonchev–Trinajstić information content (AvgIpc) is 3.22. The zero-order chi connectivity index (χ0) is 21.4. The summed E-state index contributed by atoms with van der Waals surface area (Å²) in [6.45, 7) is 3.01. The zero-order valence-electron chi connectivity index (χ0n) is 17.6. The monoisotopic (exact) mass is 434 g/mol. The van der Waals surface area contributed by atoms with E-state index in [1.165, 1.54) is 5.56 Å². The van der Waals surface area contributed by atoms with Crippen LogP contribution >= 0.6 is 11.6 Å². The predicted molar refractivity (Wildman–Crippen MR) is 124 cm³/mol. The summed E-state index contributed by atoms with van der Waals surface area (Å²) in [6.07, 6.45) is 6.89. The topological polar surface area (TPSA) is 42.3 Å². The van der Waals surface area contributed by atoms with Crippen molar-refractivity contribution in [2.45, 2.75) is 45.1 Å². The van der Waals surface area contributed by atoms with Gasteiger partial charge in [-0.2, -0.15) is 0 Å². The number of nitrogens with zero attached hydrogens (tertiary/aromatic N) is 2. The van der Waals surface area contributed by atoms with E-state index in [2.05, 4.69) is 11.0 Å². The fourth-order valence-electron chi connectivity index (χ4n) is 5.07. The molecule has 0 bridgehead atoms. The molecule has 0 atom stereocenters. The average molecular weight is 435 g/mol. The normalized spacial score (nSPS) is 17.4. The van der Waals surface area contributed by atoms with Gasteiger partial charge in [-0.15, -0.1) is 0 Å². The van der Waals surface area contributed by atoms with Crippen LogP contribution in [0.4, 0.5) is 0 Å². The van der Waals surface area contributed by atoms with Gasteiger partial charge in [0.2, 0.25) is 5.91 Å². The van der Waals surface area contributed by atoms with Gasteiger partial charge in [0.1, 0.15) is 0 Å². The number of carbonyl (C=O) groups excluding carboxylic acids is 2. The van der Waals surface area contributed by atoms with Gasteiger partial charge in [-0.05, 0) is 80.1 Å². The second-order valence-corrected chi connectivity index (χ2v) is 9.33. The minimum Gasteiger partial charge on any atom is -0.299 e. The van der Waals surface area contributed by atoms with Crippen LogP contribution in [-0.4, -0.2) is 34.2 Å². The molecule has 3 heterocycles. The number of carbonyl (C=O) groups is 2. The molecular formula is C26H27ClN2O2. The highest BCUT2D eigenvalue weighted by Gasteiger charge is 2.23. The van der Waals surface area contributed by atoms with Crippen molar-refractivity contribution in [3.05, 3.63) is 70.4 Å². The summed E-state index contributed by atoms with van der Waals surface area (Å²) in [5, 5.41) is 1.84. The van der Waals surface area contributed by atoms with Crippen molar-refractivity contribution in [3.8, 4) is 0 Å². The van der Waals surface area contributed by atoms with Crippen LogP contribution in [0.1, 0.15) is 58.4 Å². The summed E-state index contributed by atoms with van der Waals surface area (Å²) in [5.41, 5.74) is 4.09. The van der Waals surface area contributed by atoms with Crippen LogP contribution < -0.4 is 0 Å². The van der Waals surface area contributed by atoms with Gasteiger partial charge in [0.15, 0.2) is 5.78 Å². The lowest BCUT2D eigenvalue weighted by atomic mass is 9.89. The van der Waals surface area contributed by atoms with E-state index in [4.69, 9.17) is 11.6 Å². The Morgan fingerprint density at radius 2 is 1.87 bits per heavy atom. The molecular weight excluding hydrogens is 408 g/mol. The number of rotatable bonds is 6. The van der Waals surface area contributed by atoms with Gasteiger partial charge in [-0.25, -0.2) is 0 Å². The highest BCUT2D eigenvalue weighted by atomic mass is 35.5. The van der Waals surface area contributed by atoms with E-state index in [-0.39, 0.29) is 11.7 Å². The predicted octanol–water partition coefficient (Wildman–Crippen LogP) is 5.76. The fraction of sp³-hybridized carbons (Fsp3) is 0.385. The molecule has 0 unspecified atom stereocenters. The molecule has 2 aliphatic heterocycles. The lowest BCUT2D eigenvalue weighted by molar-refractivity contribution is 0.0903. The van der Waals surface area contributed by atoms with Crippen molar-refractivity contribution in [2.24, 2.45) is 5.92 Å². The van der Waals surface area contributed by atoms with Crippen LogP contribution in [0, 0.1) is 5.92 Å². The van der Waals surface area contributed by atoms with Crippen LogP contribution in [-0.2, 0) is 13.0 Å². The molecule has 0 spiro atoms. The van der Waals surface area contributed by atoms with E-state index >= 15 is 0 Å². The standard InChI is InChI=1S/C26H27ClN2O2/c27-23-4-2-1-3-21(23)17-28-12-9-18(10-13-28)5-7-24(30)22-15-19-6-8-25(31)29-14-11-20(16-22)26(19)29/h1-4,11,14-16,18H,5-10,12-13,17H2. The number of benzene rings is 2. The van der Waals surface area contributed by atoms with Crippen molar-refractivity contribution < 1.29 is 9.59 Å². The van der Waals surface area contributed by atoms with Crippen LogP contribution in [0.15, 0.2) is 48.7 Å². The molecule has 0 N–H and O–H groups in total. The van der Waals surface area contributed by atoms with Crippen molar-refractivity contribution in [1.82, 2.24) is 9.47 Å². The van der Waals surface area contributed by atoms with Crippen molar-refractivity contribution in [2.75, 3.05) is 13.1 Å². The third-order valence-corrected chi connectivity index (χ3v) is 7.27. The van der Waals surface area contributed by atoms with Crippen LogP contribution in [0.2, 0.25) is 5.02 Å². The van der Waals surface area contributed by atoms with Crippen molar-refractivity contribution >= 4 is 34.2 Å². The van der Waals surface area contributed by atoms with Gasteiger partial charge >= 0.3 is 0 Å². The molecule has 2 aliphatic rings. The Labute approximate surface area is 187 Å². The van der Waals surface area contributed by atoms with Gasteiger partial charge in [-0.1, -0.05) is 29.8 Å². The number of ketones is 1. The molecule has 5 rings (SSSR count). The number of Topliss-reactive ketones (excluding diaryl/α,β-unsaturated/α-hetero) is 1. The summed E-state index contributed by atoms with van der Waals surface area (Å²) in [4.78, 5) is 27.5. The number of halogens is 1. The number of hydrogen-bond donors (Lipinski definition) is 0. The molecule has 1 fully saturated rings. The minimum absolute atomic E-state index is 0.141. The molecule has 31 heavy (non-hydrogen) atoms. The van der Waals surface area contributed by atoms with E-state index in [0.29, 0.717) is 18.8 Å². The Morgan fingerprint density at radius 3 is 2.68 bits per heavy atom. The molecule has 160 valence electrons. The molecule has 5 heteroatoms. The number of hydrogen-bond acceptors (Lipinski definition) is 3. The Kier molecular flexibility index (Phi) is 5.68. The molecule has 0 saturated carbocycles. The fourth-order valence-corrected chi connectivity index (χ4v) is 5.27. The maximum atomic E-state index is 12.9. The summed E-state index contributed by atoms with van der Waals surface area (Å²) in [7, 11) is 0. The first kappa shape index (κ1) is 20.5. The first-order valence-corrected chi connectivity index (χ1v) is 11.6. The Balaban J connectivity index is 1.17. The molecule has 2 aromatic carbocycles. The number of likely N-dealkylation sites (tertiary alicyclic amines) is 1. The summed E-state index contributed by atoms with van der Waals surface area (Å²) >= 11 is 6.30. The first-order valence-electron chi connectivity index (χ1n) is 11.2. The lowest BCUT2D eigenvalue weighted by Gasteiger charge is -2.32. The molecule has 0 amide bonds. The Bertz CT molecular complexity index is 1140. The molecule has 1 saturated heterocycles. The smallest absolute Gasteiger partial charge is 0.231 e. The largest absolute Gasteiger partial charge is 0.299 e. The third kappa shape index (κ3) is 4.19. The van der Waals surface area contributed by atoms with E-state index in [0.717, 1.165) is 72.4 Å². The first-order chi connectivity index (χ1) is 15.1. The van der Waals surface area contributed by atoms with Crippen molar-refractivity contribution in [3.63, 3.8) is 0 Å². The van der Waals surface area contributed by atoms with Crippen LogP contribution in [0.3, 0.4) is 0 Å². The summed E-state index contributed by atoms with van der Waals surface area (Å²) in [6, 6.07) is 14.0. The maximum absolute atomic E-state index is 12.9. The maximum Gasteiger partial charge on any atom is 0.231 e. The molecule has 0 aliphatic carbocycles. The second-order valence-electron chi connectivity index (χ2n) is 8.93. The van der Waals surface area contributed by atoms with Gasteiger partial charge < -0.3 is 0 Å². The lowest BCUT2D eigenvalue weighted by Crippen LogP contribution is -2.33. The van der Waals surface area contributed by atoms with Gasteiger partial charge in [0, 0.05) is 41.6 Å². The van der Waals surface area contributed by atoms with E-state index in [9.17, 15) is 9.59 Å². The van der Waals surface area contributed by atoms with E-state index < -0.39 is 0 Å². The van der Waals surface area contributed by atoms with Gasteiger partial charge in [0.05, 0.1) is 5.52 Å². The van der Waals surface area contributed by atoms with Gasteiger partial charge in [0.25, 0.3) is 0 Å². The highest BCUT2D eigenvalue weighted by Crippen LogP contribution is 2.30. The SMILES string of the molecule is O=C(CCC1CCN(Cc2ccccc2Cl)CC1)c1cc2c3c(ccn3C(=O)CC2)c1. The molecule has 0 radical (unpaired) electrons. The Morgan fingerprint density at radius 1 is 1.06 bits per heavy atom.